The van der Waals surface area contributed by atoms with Crippen molar-refractivity contribution < 1.29 is 26.3 Å². The van der Waals surface area contributed by atoms with Crippen LogP contribution in [0, 0.1) is 5.92 Å². The van der Waals surface area contributed by atoms with Gasteiger partial charge in [0.1, 0.15) is 6.61 Å². The highest BCUT2D eigenvalue weighted by molar-refractivity contribution is 7.88. The first-order valence-electron chi connectivity index (χ1n) is 6.49. The summed E-state index contributed by atoms with van der Waals surface area (Å²) < 4.78 is 64.2. The van der Waals surface area contributed by atoms with Gasteiger partial charge >= 0.3 is 6.18 Å². The molecule has 5 nitrogen and oxygen atoms in total. The molecule has 1 fully saturated rings. The quantitative estimate of drug-likeness (QED) is 0.706. The third kappa shape index (κ3) is 7.41. The van der Waals surface area contributed by atoms with Crippen molar-refractivity contribution in [2.24, 2.45) is 5.92 Å². The van der Waals surface area contributed by atoms with E-state index in [1.54, 1.807) is 0 Å². The van der Waals surface area contributed by atoms with Crippen LogP contribution in [0.5, 0.6) is 0 Å². The molecule has 1 aliphatic heterocycles. The molecule has 0 aromatic rings. The number of piperidine rings is 1. The fourth-order valence-electron chi connectivity index (χ4n) is 2.13. The van der Waals surface area contributed by atoms with Crippen LogP contribution < -0.4 is 5.32 Å². The maximum absolute atomic E-state index is 11.8. The van der Waals surface area contributed by atoms with E-state index in [1.807, 2.05) is 0 Å². The summed E-state index contributed by atoms with van der Waals surface area (Å²) in [5, 5.41) is 3.00. The maximum atomic E-state index is 11.8. The molecule has 1 unspecified atom stereocenters. The summed E-state index contributed by atoms with van der Waals surface area (Å²) in [5.74, 6) is 0.195. The Morgan fingerprint density at radius 2 is 2.10 bits per heavy atom. The summed E-state index contributed by atoms with van der Waals surface area (Å²) in [5.41, 5.74) is 0. The van der Waals surface area contributed by atoms with Crippen LogP contribution in [0.1, 0.15) is 12.8 Å². The molecule has 0 saturated carbocycles. The minimum atomic E-state index is -4.29. The monoisotopic (exact) mass is 318 g/mol. The van der Waals surface area contributed by atoms with E-state index in [-0.39, 0.29) is 12.5 Å². The van der Waals surface area contributed by atoms with Gasteiger partial charge in [0.15, 0.2) is 0 Å². The van der Waals surface area contributed by atoms with Crippen LogP contribution in [0.25, 0.3) is 0 Å². The van der Waals surface area contributed by atoms with Crippen LogP contribution in [0.3, 0.4) is 0 Å². The van der Waals surface area contributed by atoms with Gasteiger partial charge in [-0.3, -0.25) is 0 Å². The summed E-state index contributed by atoms with van der Waals surface area (Å²) in [6.07, 6.45) is -1.38. The smallest absolute Gasteiger partial charge is 0.371 e. The number of sulfonamides is 1. The Morgan fingerprint density at radius 3 is 2.70 bits per heavy atom. The van der Waals surface area contributed by atoms with Crippen molar-refractivity contribution in [2.75, 3.05) is 45.6 Å². The second-order valence-electron chi connectivity index (χ2n) is 5.00. The van der Waals surface area contributed by atoms with Gasteiger partial charge in [0, 0.05) is 19.6 Å². The van der Waals surface area contributed by atoms with Crippen LogP contribution >= 0.6 is 0 Å². The average molecular weight is 318 g/mol. The van der Waals surface area contributed by atoms with Crippen molar-refractivity contribution in [3.63, 3.8) is 0 Å². The van der Waals surface area contributed by atoms with Crippen molar-refractivity contribution in [3.05, 3.63) is 0 Å². The van der Waals surface area contributed by atoms with E-state index in [2.05, 4.69) is 10.1 Å². The Morgan fingerprint density at radius 1 is 1.40 bits per heavy atom. The molecule has 20 heavy (non-hydrogen) atoms. The van der Waals surface area contributed by atoms with Crippen molar-refractivity contribution in [1.29, 1.82) is 0 Å². The lowest BCUT2D eigenvalue weighted by Crippen LogP contribution is -2.42. The van der Waals surface area contributed by atoms with Crippen LogP contribution in [-0.2, 0) is 14.8 Å². The fraction of sp³-hybridized carbons (Fsp3) is 1.00. The zero-order chi connectivity index (χ0) is 15.2. The van der Waals surface area contributed by atoms with Crippen LogP contribution in [-0.4, -0.2) is 64.5 Å². The molecule has 1 aliphatic rings. The van der Waals surface area contributed by atoms with Gasteiger partial charge < -0.3 is 10.1 Å². The SMILES string of the molecule is CS(=O)(=O)N1CCCC(CNCCOCC(F)(F)F)C1. The van der Waals surface area contributed by atoms with E-state index >= 15 is 0 Å². The number of hydrogen-bond acceptors (Lipinski definition) is 4. The van der Waals surface area contributed by atoms with Crippen LogP contribution in [0.15, 0.2) is 0 Å². The molecular formula is C11H21F3N2O3S. The molecule has 0 spiro atoms. The van der Waals surface area contributed by atoms with Gasteiger partial charge in [-0.05, 0) is 25.3 Å². The Labute approximate surface area is 117 Å². The van der Waals surface area contributed by atoms with E-state index in [9.17, 15) is 21.6 Å². The van der Waals surface area contributed by atoms with Gasteiger partial charge in [-0.25, -0.2) is 12.7 Å². The predicted octanol–water partition coefficient (Wildman–Crippen LogP) is 0.826. The summed E-state index contributed by atoms with van der Waals surface area (Å²) >= 11 is 0. The molecule has 1 N–H and O–H groups in total. The van der Waals surface area contributed by atoms with Gasteiger partial charge in [0.2, 0.25) is 10.0 Å². The largest absolute Gasteiger partial charge is 0.411 e. The molecule has 120 valence electrons. The number of alkyl halides is 3. The average Bonchev–Trinajstić information content (AvgIpc) is 2.31. The van der Waals surface area contributed by atoms with Crippen molar-refractivity contribution >= 4 is 10.0 Å². The first-order valence-corrected chi connectivity index (χ1v) is 8.33. The lowest BCUT2D eigenvalue weighted by atomic mass is 10.00. The third-order valence-electron chi connectivity index (χ3n) is 3.07. The predicted molar refractivity (Wildman–Crippen MR) is 68.9 cm³/mol. The normalized spacial score (nSPS) is 22.1. The Balaban J connectivity index is 2.13. The number of ether oxygens (including phenoxy) is 1. The molecule has 0 aliphatic carbocycles. The van der Waals surface area contributed by atoms with E-state index in [0.29, 0.717) is 26.2 Å². The molecule has 1 atom stereocenters. The lowest BCUT2D eigenvalue weighted by Gasteiger charge is -2.31. The molecule has 1 rings (SSSR count). The zero-order valence-electron chi connectivity index (χ0n) is 11.4. The fourth-order valence-corrected chi connectivity index (χ4v) is 3.08. The van der Waals surface area contributed by atoms with Gasteiger partial charge in [0.25, 0.3) is 0 Å². The molecule has 1 heterocycles. The van der Waals surface area contributed by atoms with Gasteiger partial charge in [0.05, 0.1) is 12.9 Å². The van der Waals surface area contributed by atoms with E-state index < -0.39 is 22.8 Å². The molecule has 0 aromatic carbocycles. The molecular weight excluding hydrogens is 297 g/mol. The van der Waals surface area contributed by atoms with Gasteiger partial charge in [-0.2, -0.15) is 13.2 Å². The number of nitrogens with zero attached hydrogens (tertiary/aromatic N) is 1. The van der Waals surface area contributed by atoms with Crippen LogP contribution in [0.2, 0.25) is 0 Å². The Bertz CT molecular complexity index is 387. The van der Waals surface area contributed by atoms with E-state index in [4.69, 9.17) is 0 Å². The van der Waals surface area contributed by atoms with Crippen molar-refractivity contribution in [1.82, 2.24) is 9.62 Å². The zero-order valence-corrected chi connectivity index (χ0v) is 12.3. The molecule has 1 saturated heterocycles. The topological polar surface area (TPSA) is 58.6 Å². The molecule has 0 amide bonds. The molecule has 0 aromatic heterocycles. The second kappa shape index (κ2) is 7.58. The highest BCUT2D eigenvalue weighted by Gasteiger charge is 2.27. The first-order chi connectivity index (χ1) is 9.18. The third-order valence-corrected chi connectivity index (χ3v) is 4.34. The molecule has 0 radical (unpaired) electrons. The standard InChI is InChI=1S/C11H21F3N2O3S/c1-20(17,18)16-5-2-3-10(8-16)7-15-4-6-19-9-11(12,13)14/h10,15H,2-9H2,1H3. The lowest BCUT2D eigenvalue weighted by molar-refractivity contribution is -0.173. The highest BCUT2D eigenvalue weighted by atomic mass is 32.2. The Hall–Kier alpha value is -0.380. The van der Waals surface area contributed by atoms with Gasteiger partial charge in [-0.15, -0.1) is 0 Å². The summed E-state index contributed by atoms with van der Waals surface area (Å²) in [7, 11) is -3.16. The Kier molecular flexibility index (Phi) is 6.70. The van der Waals surface area contributed by atoms with Crippen LogP contribution in [0.4, 0.5) is 13.2 Å². The minimum Gasteiger partial charge on any atom is -0.371 e. The number of nitrogens with one attached hydrogen (secondary N) is 1. The molecule has 0 bridgehead atoms. The number of rotatable bonds is 7. The maximum Gasteiger partial charge on any atom is 0.411 e. The van der Waals surface area contributed by atoms with Crippen molar-refractivity contribution in [3.8, 4) is 0 Å². The van der Waals surface area contributed by atoms with E-state index in [0.717, 1.165) is 12.8 Å². The van der Waals surface area contributed by atoms with E-state index in [1.165, 1.54) is 10.6 Å². The first kappa shape index (κ1) is 17.7. The number of hydrogen-bond donors (Lipinski definition) is 1. The summed E-state index contributed by atoms with van der Waals surface area (Å²) in [6, 6.07) is 0. The summed E-state index contributed by atoms with van der Waals surface area (Å²) in [6.45, 7) is 0.675. The van der Waals surface area contributed by atoms with Gasteiger partial charge in [-0.1, -0.05) is 0 Å². The second-order valence-corrected chi connectivity index (χ2v) is 6.98. The highest BCUT2D eigenvalue weighted by Crippen LogP contribution is 2.18. The number of halogens is 3. The van der Waals surface area contributed by atoms with Crippen molar-refractivity contribution in [2.45, 2.75) is 19.0 Å². The minimum absolute atomic E-state index is 0.0119. The summed E-state index contributed by atoms with van der Waals surface area (Å²) in [4.78, 5) is 0. The molecule has 9 heteroatoms.